The lowest BCUT2D eigenvalue weighted by Gasteiger charge is -2.10. The third-order valence-electron chi connectivity index (χ3n) is 4.25. The van der Waals surface area contributed by atoms with E-state index >= 15 is 0 Å². The van der Waals surface area contributed by atoms with Gasteiger partial charge in [0, 0.05) is 11.8 Å². The van der Waals surface area contributed by atoms with E-state index in [0.29, 0.717) is 5.75 Å². The molecule has 0 fully saturated rings. The van der Waals surface area contributed by atoms with Gasteiger partial charge in [0.05, 0.1) is 23.8 Å². The smallest absolute Gasteiger partial charge is 0.419 e. The van der Waals surface area contributed by atoms with Gasteiger partial charge >= 0.3 is 18.1 Å². The highest BCUT2D eigenvalue weighted by Crippen LogP contribution is 2.39. The summed E-state index contributed by atoms with van der Waals surface area (Å²) in [5.74, 6) is -4.10. The number of aromatic nitrogens is 1. The number of hydrogen-bond acceptors (Lipinski definition) is 4. The molecule has 0 saturated heterocycles. The topological polar surface area (TPSA) is 105 Å². The molecule has 0 aliphatic heterocycles. The molecule has 150 valence electrons. The van der Waals surface area contributed by atoms with Gasteiger partial charge in [-0.3, -0.25) is 4.79 Å². The van der Waals surface area contributed by atoms with Crippen molar-refractivity contribution in [3.63, 3.8) is 0 Å². The Balaban J connectivity index is 2.38. The Labute approximate surface area is 160 Å². The third kappa shape index (κ3) is 3.40. The third-order valence-corrected chi connectivity index (χ3v) is 4.25. The first-order valence-electron chi connectivity index (χ1n) is 7.97. The number of ether oxygens (including phenoxy) is 1. The highest BCUT2D eigenvalue weighted by atomic mass is 19.4. The standard InChI is InChI=1S/C19H12F3NO6/c1-29-11-4-2-9(3-5-11)16(24)15-14(19(20,21)22)13(18(27)28)12-8-10(17(25)26)6-7-23(12)15/h2-8H,1H3,(H,25,26)(H,27,28). The van der Waals surface area contributed by atoms with Crippen LogP contribution in [0, 0.1) is 0 Å². The first kappa shape index (κ1) is 19.9. The highest BCUT2D eigenvalue weighted by Gasteiger charge is 2.43. The van der Waals surface area contributed by atoms with Gasteiger partial charge in [-0.2, -0.15) is 13.2 Å². The Kier molecular flexibility index (Phi) is 4.79. The Morgan fingerprint density at radius 1 is 0.966 bits per heavy atom. The van der Waals surface area contributed by atoms with Crippen molar-refractivity contribution in [1.82, 2.24) is 4.40 Å². The number of aromatic carboxylic acids is 2. The quantitative estimate of drug-likeness (QED) is 0.627. The van der Waals surface area contributed by atoms with Crippen LogP contribution in [-0.4, -0.2) is 39.4 Å². The second kappa shape index (κ2) is 6.97. The molecular formula is C19H12F3NO6. The SMILES string of the molecule is COc1ccc(C(=O)c2c(C(F)(F)F)c(C(=O)O)c3cc(C(=O)O)ccn23)cc1. The van der Waals surface area contributed by atoms with E-state index in [1.165, 1.54) is 31.4 Å². The normalized spacial score (nSPS) is 11.4. The van der Waals surface area contributed by atoms with Crippen molar-refractivity contribution < 1.29 is 42.5 Å². The molecule has 0 aliphatic rings. The van der Waals surface area contributed by atoms with Crippen molar-refractivity contribution >= 4 is 23.2 Å². The molecule has 0 bridgehead atoms. The molecule has 0 amide bonds. The minimum Gasteiger partial charge on any atom is -0.497 e. The van der Waals surface area contributed by atoms with Crippen molar-refractivity contribution in [2.45, 2.75) is 6.18 Å². The van der Waals surface area contributed by atoms with Crippen molar-refractivity contribution in [2.75, 3.05) is 7.11 Å². The molecule has 2 N–H and O–H groups in total. The van der Waals surface area contributed by atoms with Crippen LogP contribution in [0.25, 0.3) is 5.52 Å². The molecule has 0 unspecified atom stereocenters. The number of rotatable bonds is 5. The molecule has 3 rings (SSSR count). The highest BCUT2D eigenvalue weighted by molar-refractivity contribution is 6.13. The summed E-state index contributed by atoms with van der Waals surface area (Å²) in [6.07, 6.45) is -4.25. The van der Waals surface area contributed by atoms with Gasteiger partial charge in [0.1, 0.15) is 17.0 Å². The maximum atomic E-state index is 13.8. The maximum Gasteiger partial charge on any atom is 0.419 e. The average molecular weight is 407 g/mol. The molecule has 1 aromatic carbocycles. The molecule has 2 aromatic heterocycles. The van der Waals surface area contributed by atoms with Gasteiger partial charge in [0.2, 0.25) is 5.78 Å². The molecule has 10 heteroatoms. The molecular weight excluding hydrogens is 395 g/mol. The van der Waals surface area contributed by atoms with Crippen LogP contribution in [0.4, 0.5) is 13.2 Å². The largest absolute Gasteiger partial charge is 0.497 e. The van der Waals surface area contributed by atoms with E-state index in [2.05, 4.69) is 0 Å². The zero-order valence-corrected chi connectivity index (χ0v) is 14.6. The van der Waals surface area contributed by atoms with Crippen LogP contribution in [0.2, 0.25) is 0 Å². The summed E-state index contributed by atoms with van der Waals surface area (Å²) in [5.41, 5.74) is -4.87. The fraction of sp³-hybridized carbons (Fsp3) is 0.105. The zero-order chi connectivity index (χ0) is 21.5. The van der Waals surface area contributed by atoms with Gasteiger partial charge in [0.25, 0.3) is 0 Å². The van der Waals surface area contributed by atoms with E-state index in [-0.39, 0.29) is 5.56 Å². The lowest BCUT2D eigenvalue weighted by atomic mass is 10.0. The number of nitrogens with zero attached hydrogens (tertiary/aromatic N) is 1. The summed E-state index contributed by atoms with van der Waals surface area (Å²) in [6.45, 7) is 0. The van der Waals surface area contributed by atoms with E-state index in [4.69, 9.17) is 9.84 Å². The van der Waals surface area contributed by atoms with Crippen LogP contribution >= 0.6 is 0 Å². The van der Waals surface area contributed by atoms with E-state index < -0.39 is 51.8 Å². The summed E-state index contributed by atoms with van der Waals surface area (Å²) < 4.78 is 47.1. The number of methoxy groups -OCH3 is 1. The Morgan fingerprint density at radius 3 is 2.07 bits per heavy atom. The van der Waals surface area contributed by atoms with Gasteiger partial charge in [-0.25, -0.2) is 9.59 Å². The Bertz CT molecular complexity index is 1150. The van der Waals surface area contributed by atoms with Crippen LogP contribution in [0.1, 0.15) is 42.3 Å². The van der Waals surface area contributed by atoms with Gasteiger partial charge in [-0.05, 0) is 36.4 Å². The van der Waals surface area contributed by atoms with Crippen LogP contribution in [-0.2, 0) is 6.18 Å². The molecule has 29 heavy (non-hydrogen) atoms. The fourth-order valence-corrected chi connectivity index (χ4v) is 2.98. The summed E-state index contributed by atoms with van der Waals surface area (Å²) in [5, 5.41) is 18.5. The molecule has 0 radical (unpaired) electrons. The number of halogens is 3. The van der Waals surface area contributed by atoms with Crippen LogP contribution in [0.5, 0.6) is 5.75 Å². The number of carbonyl (C=O) groups is 3. The molecule has 2 heterocycles. The van der Waals surface area contributed by atoms with Crippen molar-refractivity contribution in [3.05, 3.63) is 70.5 Å². The van der Waals surface area contributed by atoms with E-state index in [1.807, 2.05) is 0 Å². The summed E-state index contributed by atoms with van der Waals surface area (Å²) >= 11 is 0. The van der Waals surface area contributed by atoms with Crippen LogP contribution in [0.15, 0.2) is 42.6 Å². The Morgan fingerprint density at radius 2 is 1.59 bits per heavy atom. The summed E-state index contributed by atoms with van der Waals surface area (Å²) in [4.78, 5) is 35.7. The van der Waals surface area contributed by atoms with E-state index in [9.17, 15) is 32.7 Å². The van der Waals surface area contributed by atoms with Crippen LogP contribution in [0.3, 0.4) is 0 Å². The number of carbonyl (C=O) groups excluding carboxylic acids is 1. The average Bonchev–Trinajstić information content (AvgIpc) is 3.02. The Hall–Kier alpha value is -3.82. The second-order valence-corrected chi connectivity index (χ2v) is 5.93. The maximum absolute atomic E-state index is 13.8. The number of hydrogen-bond donors (Lipinski definition) is 2. The number of pyridine rings is 1. The first-order valence-corrected chi connectivity index (χ1v) is 7.97. The molecule has 0 spiro atoms. The second-order valence-electron chi connectivity index (χ2n) is 5.93. The monoisotopic (exact) mass is 407 g/mol. The molecule has 0 aliphatic carbocycles. The molecule has 0 atom stereocenters. The predicted molar refractivity (Wildman–Crippen MR) is 92.7 cm³/mol. The van der Waals surface area contributed by atoms with Gasteiger partial charge in [0.15, 0.2) is 0 Å². The molecule has 7 nitrogen and oxygen atoms in total. The van der Waals surface area contributed by atoms with Gasteiger partial charge in [-0.1, -0.05) is 0 Å². The number of carboxylic acid groups (broad SMARTS) is 2. The fourth-order valence-electron chi connectivity index (χ4n) is 2.98. The van der Waals surface area contributed by atoms with Gasteiger partial charge < -0.3 is 19.4 Å². The first-order chi connectivity index (χ1) is 13.6. The summed E-state index contributed by atoms with van der Waals surface area (Å²) in [6, 6.07) is 6.99. The van der Waals surface area contributed by atoms with Crippen LogP contribution < -0.4 is 4.74 Å². The lowest BCUT2D eigenvalue weighted by Crippen LogP contribution is -2.17. The van der Waals surface area contributed by atoms with E-state index in [1.54, 1.807) is 0 Å². The van der Waals surface area contributed by atoms with Gasteiger partial charge in [-0.15, -0.1) is 0 Å². The van der Waals surface area contributed by atoms with Crippen molar-refractivity contribution in [2.24, 2.45) is 0 Å². The number of carboxylic acids is 2. The zero-order valence-electron chi connectivity index (χ0n) is 14.6. The lowest BCUT2D eigenvalue weighted by molar-refractivity contribution is -0.138. The minimum absolute atomic E-state index is 0.130. The number of ketones is 1. The van der Waals surface area contributed by atoms with E-state index in [0.717, 1.165) is 22.7 Å². The minimum atomic E-state index is -5.18. The number of alkyl halides is 3. The summed E-state index contributed by atoms with van der Waals surface area (Å²) in [7, 11) is 1.37. The predicted octanol–water partition coefficient (Wildman–Crippen LogP) is 3.59. The van der Waals surface area contributed by atoms with Crippen molar-refractivity contribution in [1.29, 1.82) is 0 Å². The number of fused-ring (bicyclic) bond motifs is 1. The number of benzene rings is 1. The molecule has 3 aromatic rings. The molecule has 0 saturated carbocycles. The van der Waals surface area contributed by atoms with Crippen molar-refractivity contribution in [3.8, 4) is 5.75 Å².